The largest absolute Gasteiger partial charge is 0.384 e. The minimum Gasteiger partial charge on any atom is -0.384 e. The van der Waals surface area contributed by atoms with E-state index in [1.807, 2.05) is 71.0 Å². The number of aryl methyl sites for hydroxylation is 1. The number of rotatable bonds is 6. The van der Waals surface area contributed by atoms with Crippen molar-refractivity contribution in [2.24, 2.45) is 11.3 Å². The van der Waals surface area contributed by atoms with E-state index in [4.69, 9.17) is 11.6 Å². The van der Waals surface area contributed by atoms with Crippen LogP contribution >= 0.6 is 11.6 Å². The summed E-state index contributed by atoms with van der Waals surface area (Å²) in [6, 6.07) is 14.1. The summed E-state index contributed by atoms with van der Waals surface area (Å²) in [7, 11) is 0. The first-order chi connectivity index (χ1) is 15.9. The van der Waals surface area contributed by atoms with Gasteiger partial charge < -0.3 is 20.6 Å². The SMILES string of the molecule is Cc1ccc(CNC(=O)N[C@@H](C(=O)N2CCC(O)(c3ccc(Cl)cc3)C(C)(C)C2)C(C)C)cc1. The molecule has 3 amide bonds. The summed E-state index contributed by atoms with van der Waals surface area (Å²) in [5.41, 5.74) is 1.27. The van der Waals surface area contributed by atoms with Crippen molar-refractivity contribution >= 4 is 23.5 Å². The van der Waals surface area contributed by atoms with E-state index >= 15 is 0 Å². The quantitative estimate of drug-likeness (QED) is 0.558. The molecule has 1 aliphatic rings. The van der Waals surface area contributed by atoms with E-state index in [9.17, 15) is 14.7 Å². The van der Waals surface area contributed by atoms with Crippen LogP contribution in [-0.4, -0.2) is 41.1 Å². The number of nitrogens with zero attached hydrogens (tertiary/aromatic N) is 1. The molecule has 7 heteroatoms. The molecule has 2 aromatic carbocycles. The van der Waals surface area contributed by atoms with Crippen LogP contribution in [0.25, 0.3) is 0 Å². The lowest BCUT2D eigenvalue weighted by atomic mass is 9.66. The fourth-order valence-corrected chi connectivity index (χ4v) is 4.69. The number of carbonyl (C=O) groups excluding carboxylic acids is 2. The standard InChI is InChI=1S/C27H36ClN3O3/c1-18(2)23(30-25(33)29-16-20-8-6-19(3)7-9-20)24(32)31-15-14-27(34,26(4,5)17-31)21-10-12-22(28)13-11-21/h6-13,18,23,34H,14-17H2,1-5H3,(H2,29,30,33)/t23-,27?/m1/s1. The van der Waals surface area contributed by atoms with E-state index in [1.165, 1.54) is 0 Å². The fraction of sp³-hybridized carbons (Fsp3) is 0.481. The number of likely N-dealkylation sites (tertiary alicyclic amines) is 1. The number of amides is 3. The van der Waals surface area contributed by atoms with Gasteiger partial charge in [-0.05, 0) is 42.5 Å². The fourth-order valence-electron chi connectivity index (χ4n) is 4.56. The van der Waals surface area contributed by atoms with Crippen molar-refractivity contribution in [2.45, 2.75) is 59.2 Å². The first-order valence-corrected chi connectivity index (χ1v) is 12.2. The maximum absolute atomic E-state index is 13.5. The minimum absolute atomic E-state index is 0.0854. The molecule has 1 saturated heterocycles. The van der Waals surface area contributed by atoms with Gasteiger partial charge in [-0.25, -0.2) is 4.79 Å². The third-order valence-corrected chi connectivity index (χ3v) is 7.13. The minimum atomic E-state index is -1.08. The molecule has 1 heterocycles. The van der Waals surface area contributed by atoms with Gasteiger partial charge in [-0.15, -0.1) is 0 Å². The van der Waals surface area contributed by atoms with Crippen LogP contribution in [0.15, 0.2) is 48.5 Å². The molecule has 2 aromatic rings. The topological polar surface area (TPSA) is 81.7 Å². The van der Waals surface area contributed by atoms with Crippen molar-refractivity contribution in [3.8, 4) is 0 Å². The van der Waals surface area contributed by atoms with Gasteiger partial charge in [-0.2, -0.15) is 0 Å². The van der Waals surface area contributed by atoms with Crippen molar-refractivity contribution in [2.75, 3.05) is 13.1 Å². The Morgan fingerprint density at radius 2 is 1.71 bits per heavy atom. The van der Waals surface area contributed by atoms with Gasteiger partial charge in [-0.1, -0.05) is 81.3 Å². The highest BCUT2D eigenvalue weighted by Crippen LogP contribution is 2.46. The van der Waals surface area contributed by atoms with E-state index in [2.05, 4.69) is 10.6 Å². The summed E-state index contributed by atoms with van der Waals surface area (Å²) < 4.78 is 0. The smallest absolute Gasteiger partial charge is 0.315 e. The number of carbonyl (C=O) groups is 2. The van der Waals surface area contributed by atoms with E-state index in [-0.39, 0.29) is 17.9 Å². The van der Waals surface area contributed by atoms with Crippen LogP contribution in [0.4, 0.5) is 4.79 Å². The predicted octanol–water partition coefficient (Wildman–Crippen LogP) is 4.62. The molecule has 1 unspecified atom stereocenters. The molecule has 0 spiro atoms. The maximum atomic E-state index is 13.5. The number of piperidine rings is 1. The van der Waals surface area contributed by atoms with Gasteiger partial charge in [0.1, 0.15) is 6.04 Å². The zero-order valence-electron chi connectivity index (χ0n) is 20.7. The summed E-state index contributed by atoms with van der Waals surface area (Å²) in [4.78, 5) is 27.8. The Hall–Kier alpha value is -2.57. The zero-order valence-corrected chi connectivity index (χ0v) is 21.4. The lowest BCUT2D eigenvalue weighted by Crippen LogP contribution is -2.61. The van der Waals surface area contributed by atoms with E-state index in [0.717, 1.165) is 16.7 Å². The van der Waals surface area contributed by atoms with Crippen LogP contribution < -0.4 is 10.6 Å². The molecule has 2 atom stereocenters. The zero-order chi connectivity index (χ0) is 25.1. The van der Waals surface area contributed by atoms with E-state index in [1.54, 1.807) is 17.0 Å². The number of aliphatic hydroxyl groups is 1. The van der Waals surface area contributed by atoms with Gasteiger partial charge in [0.2, 0.25) is 5.91 Å². The summed E-state index contributed by atoms with van der Waals surface area (Å²) in [6.07, 6.45) is 0.401. The summed E-state index contributed by atoms with van der Waals surface area (Å²) in [6.45, 7) is 10.9. The number of benzene rings is 2. The molecule has 1 aliphatic heterocycles. The van der Waals surface area contributed by atoms with Crippen LogP contribution in [0.1, 0.15) is 50.8 Å². The Morgan fingerprint density at radius 3 is 2.26 bits per heavy atom. The van der Waals surface area contributed by atoms with Gasteiger partial charge >= 0.3 is 6.03 Å². The third kappa shape index (κ3) is 5.73. The van der Waals surface area contributed by atoms with Gasteiger partial charge in [0.25, 0.3) is 0 Å². The van der Waals surface area contributed by atoms with Gasteiger partial charge in [-0.3, -0.25) is 4.79 Å². The van der Waals surface area contributed by atoms with Crippen LogP contribution in [0.5, 0.6) is 0 Å². The summed E-state index contributed by atoms with van der Waals surface area (Å²) in [5.74, 6) is -0.218. The number of urea groups is 1. The lowest BCUT2D eigenvalue weighted by Gasteiger charge is -2.51. The van der Waals surface area contributed by atoms with Crippen molar-refractivity contribution < 1.29 is 14.7 Å². The third-order valence-electron chi connectivity index (χ3n) is 6.88. The molecule has 184 valence electrons. The first-order valence-electron chi connectivity index (χ1n) is 11.8. The lowest BCUT2D eigenvalue weighted by molar-refractivity contribution is -0.155. The second kappa shape index (κ2) is 10.4. The molecule has 1 fully saturated rings. The highest BCUT2D eigenvalue weighted by molar-refractivity contribution is 6.30. The molecule has 34 heavy (non-hydrogen) atoms. The highest BCUT2D eigenvalue weighted by atomic mass is 35.5. The highest BCUT2D eigenvalue weighted by Gasteiger charge is 2.50. The molecule has 0 aromatic heterocycles. The number of hydrogen-bond donors (Lipinski definition) is 3. The molecule has 0 radical (unpaired) electrons. The Labute approximate surface area is 207 Å². The molecule has 0 bridgehead atoms. The molecule has 0 saturated carbocycles. The molecule has 6 nitrogen and oxygen atoms in total. The van der Waals surface area contributed by atoms with Crippen LogP contribution in [0.2, 0.25) is 5.02 Å². The van der Waals surface area contributed by atoms with E-state index < -0.39 is 17.1 Å². The Morgan fingerprint density at radius 1 is 1.09 bits per heavy atom. The molecule has 0 aliphatic carbocycles. The average molecular weight is 486 g/mol. The normalized spacial score (nSPS) is 20.6. The second-order valence-electron chi connectivity index (χ2n) is 10.3. The number of halogens is 1. The Balaban J connectivity index is 1.65. The van der Waals surface area contributed by atoms with Gasteiger partial charge in [0.05, 0.1) is 5.60 Å². The molecule has 3 rings (SSSR count). The van der Waals surface area contributed by atoms with E-state index in [0.29, 0.717) is 31.1 Å². The molecule has 3 N–H and O–H groups in total. The van der Waals surface area contributed by atoms with Crippen molar-refractivity contribution in [3.63, 3.8) is 0 Å². The Bertz CT molecular complexity index is 1000. The van der Waals surface area contributed by atoms with Crippen molar-refractivity contribution in [1.82, 2.24) is 15.5 Å². The molecular formula is C27H36ClN3O3. The van der Waals surface area contributed by atoms with Crippen LogP contribution in [-0.2, 0) is 16.9 Å². The van der Waals surface area contributed by atoms with Gasteiger partial charge in [0, 0.05) is 30.1 Å². The maximum Gasteiger partial charge on any atom is 0.315 e. The predicted molar refractivity (Wildman–Crippen MR) is 136 cm³/mol. The van der Waals surface area contributed by atoms with Crippen molar-refractivity contribution in [1.29, 1.82) is 0 Å². The monoisotopic (exact) mass is 485 g/mol. The number of hydrogen-bond acceptors (Lipinski definition) is 3. The first kappa shape index (κ1) is 26.0. The average Bonchev–Trinajstić information content (AvgIpc) is 2.78. The van der Waals surface area contributed by atoms with Crippen LogP contribution in [0.3, 0.4) is 0 Å². The van der Waals surface area contributed by atoms with Gasteiger partial charge in [0.15, 0.2) is 0 Å². The Kier molecular flexibility index (Phi) is 7.94. The molecular weight excluding hydrogens is 450 g/mol. The number of nitrogens with one attached hydrogen (secondary N) is 2. The van der Waals surface area contributed by atoms with Crippen LogP contribution in [0, 0.1) is 18.3 Å². The summed E-state index contributed by atoms with van der Waals surface area (Å²) in [5, 5.41) is 17.9. The van der Waals surface area contributed by atoms with Crippen molar-refractivity contribution in [3.05, 3.63) is 70.2 Å². The second-order valence-corrected chi connectivity index (χ2v) is 10.7. The summed E-state index contributed by atoms with van der Waals surface area (Å²) >= 11 is 6.03.